The number of thiocarbonyl (C=S) groups is 1. The molecule has 2 aromatic rings. The van der Waals surface area contributed by atoms with Crippen LogP contribution in [0.4, 0.5) is 24.5 Å². The molecule has 0 heterocycles. The third-order valence-electron chi connectivity index (χ3n) is 2.42. The highest BCUT2D eigenvalue weighted by atomic mass is 32.1. The molecule has 0 radical (unpaired) electrons. The van der Waals surface area contributed by atoms with Crippen molar-refractivity contribution in [1.29, 1.82) is 0 Å². The van der Waals surface area contributed by atoms with Gasteiger partial charge in [-0.15, -0.1) is 0 Å². The SMILES string of the molecule is NC(=S)c1cc(F)c(Nc2cccc(F)c2)c(F)c1. The van der Waals surface area contributed by atoms with Gasteiger partial charge in [0.15, 0.2) is 0 Å². The molecule has 0 saturated carbocycles. The predicted octanol–water partition coefficient (Wildman–Crippen LogP) is 3.48. The van der Waals surface area contributed by atoms with E-state index >= 15 is 0 Å². The van der Waals surface area contributed by atoms with Crippen molar-refractivity contribution in [3.05, 3.63) is 59.4 Å². The smallest absolute Gasteiger partial charge is 0.150 e. The van der Waals surface area contributed by atoms with Crippen molar-refractivity contribution < 1.29 is 13.2 Å². The van der Waals surface area contributed by atoms with E-state index in [1.807, 2.05) is 0 Å². The Bertz CT molecular complexity index is 621. The average molecular weight is 282 g/mol. The van der Waals surface area contributed by atoms with Crippen LogP contribution >= 0.6 is 12.2 Å². The van der Waals surface area contributed by atoms with Crippen LogP contribution in [0.2, 0.25) is 0 Å². The Kier molecular flexibility index (Phi) is 3.71. The fourth-order valence-electron chi connectivity index (χ4n) is 1.55. The summed E-state index contributed by atoms with van der Waals surface area (Å²) < 4.78 is 40.5. The molecule has 0 unspecified atom stereocenters. The van der Waals surface area contributed by atoms with Crippen molar-refractivity contribution in [2.75, 3.05) is 5.32 Å². The first kappa shape index (κ1) is 13.4. The number of hydrogen-bond donors (Lipinski definition) is 2. The summed E-state index contributed by atoms with van der Waals surface area (Å²) in [4.78, 5) is -0.102. The van der Waals surface area contributed by atoms with Gasteiger partial charge in [0.25, 0.3) is 0 Å². The first-order valence-electron chi connectivity index (χ1n) is 5.29. The van der Waals surface area contributed by atoms with Gasteiger partial charge in [-0.05, 0) is 30.3 Å². The number of nitrogens with one attached hydrogen (secondary N) is 1. The Morgan fingerprint density at radius 3 is 2.21 bits per heavy atom. The van der Waals surface area contributed by atoms with Crippen LogP contribution in [-0.2, 0) is 0 Å². The highest BCUT2D eigenvalue weighted by Gasteiger charge is 2.12. The molecule has 0 aliphatic rings. The van der Waals surface area contributed by atoms with E-state index in [-0.39, 0.29) is 21.9 Å². The van der Waals surface area contributed by atoms with Crippen LogP contribution in [0, 0.1) is 17.5 Å². The van der Waals surface area contributed by atoms with Crippen molar-refractivity contribution in [1.82, 2.24) is 0 Å². The lowest BCUT2D eigenvalue weighted by molar-refractivity contribution is 0.590. The van der Waals surface area contributed by atoms with Crippen molar-refractivity contribution in [2.45, 2.75) is 0 Å². The van der Waals surface area contributed by atoms with Gasteiger partial charge in [0, 0.05) is 11.3 Å². The van der Waals surface area contributed by atoms with Crippen LogP contribution in [-0.4, -0.2) is 4.99 Å². The lowest BCUT2D eigenvalue weighted by Gasteiger charge is -2.10. The molecule has 2 aromatic carbocycles. The fourth-order valence-corrected chi connectivity index (χ4v) is 1.66. The zero-order valence-electron chi connectivity index (χ0n) is 9.58. The minimum atomic E-state index is -0.855. The van der Waals surface area contributed by atoms with E-state index < -0.39 is 17.5 Å². The summed E-state index contributed by atoms with van der Waals surface area (Å²) in [5.74, 6) is -2.22. The highest BCUT2D eigenvalue weighted by molar-refractivity contribution is 7.80. The molecule has 2 nitrogen and oxygen atoms in total. The van der Waals surface area contributed by atoms with E-state index in [0.29, 0.717) is 0 Å². The quantitative estimate of drug-likeness (QED) is 0.846. The third kappa shape index (κ3) is 3.03. The normalized spacial score (nSPS) is 10.3. The van der Waals surface area contributed by atoms with Gasteiger partial charge in [0.05, 0.1) is 0 Å². The second-order valence-electron chi connectivity index (χ2n) is 3.81. The number of anilines is 2. The minimum absolute atomic E-state index is 0.0924. The van der Waals surface area contributed by atoms with Crippen LogP contribution in [0.25, 0.3) is 0 Å². The van der Waals surface area contributed by atoms with Crippen molar-refractivity contribution >= 4 is 28.6 Å². The maximum Gasteiger partial charge on any atom is 0.150 e. The summed E-state index contributed by atoms with van der Waals surface area (Å²) in [6, 6.07) is 7.31. The maximum absolute atomic E-state index is 13.7. The van der Waals surface area contributed by atoms with E-state index in [1.54, 1.807) is 0 Å². The Morgan fingerprint density at radius 1 is 1.05 bits per heavy atom. The average Bonchev–Trinajstić information content (AvgIpc) is 2.33. The summed E-state index contributed by atoms with van der Waals surface area (Å²) in [6.07, 6.45) is 0. The monoisotopic (exact) mass is 282 g/mol. The van der Waals surface area contributed by atoms with Crippen molar-refractivity contribution in [3.8, 4) is 0 Å². The van der Waals surface area contributed by atoms with Crippen molar-refractivity contribution in [3.63, 3.8) is 0 Å². The van der Waals surface area contributed by atoms with Crippen LogP contribution < -0.4 is 11.1 Å². The van der Waals surface area contributed by atoms with Gasteiger partial charge in [-0.1, -0.05) is 18.3 Å². The van der Waals surface area contributed by atoms with Gasteiger partial charge in [0.1, 0.15) is 28.1 Å². The second kappa shape index (κ2) is 5.27. The van der Waals surface area contributed by atoms with Crippen LogP contribution in [0.1, 0.15) is 5.56 Å². The molecule has 2 rings (SSSR count). The molecule has 0 bridgehead atoms. The lowest BCUT2D eigenvalue weighted by atomic mass is 10.1. The van der Waals surface area contributed by atoms with Gasteiger partial charge in [-0.3, -0.25) is 0 Å². The summed E-state index contributed by atoms with van der Waals surface area (Å²) in [7, 11) is 0. The predicted molar refractivity (Wildman–Crippen MR) is 71.9 cm³/mol. The number of halogens is 3. The van der Waals surface area contributed by atoms with E-state index in [9.17, 15) is 13.2 Å². The molecule has 0 aliphatic heterocycles. The van der Waals surface area contributed by atoms with E-state index in [2.05, 4.69) is 17.5 Å². The summed E-state index contributed by atoms with van der Waals surface area (Å²) >= 11 is 4.65. The fraction of sp³-hybridized carbons (Fsp3) is 0. The number of nitrogens with two attached hydrogens (primary N) is 1. The molecule has 0 amide bonds. The summed E-state index contributed by atoms with van der Waals surface area (Å²) in [5, 5.41) is 2.47. The molecule has 0 spiro atoms. The highest BCUT2D eigenvalue weighted by Crippen LogP contribution is 2.25. The molecule has 0 fully saturated rings. The van der Waals surface area contributed by atoms with E-state index in [4.69, 9.17) is 5.73 Å². The van der Waals surface area contributed by atoms with Crippen LogP contribution in [0.5, 0.6) is 0 Å². The maximum atomic E-state index is 13.7. The van der Waals surface area contributed by atoms with E-state index in [1.165, 1.54) is 18.2 Å². The van der Waals surface area contributed by atoms with Gasteiger partial charge >= 0.3 is 0 Å². The molecular formula is C13H9F3N2S. The number of rotatable bonds is 3. The molecule has 3 N–H and O–H groups in total. The van der Waals surface area contributed by atoms with Crippen molar-refractivity contribution in [2.24, 2.45) is 5.73 Å². The van der Waals surface area contributed by atoms with Gasteiger partial charge in [-0.25, -0.2) is 13.2 Å². The Morgan fingerprint density at radius 2 is 1.68 bits per heavy atom. The van der Waals surface area contributed by atoms with E-state index in [0.717, 1.165) is 18.2 Å². The molecule has 0 saturated heterocycles. The first-order valence-corrected chi connectivity index (χ1v) is 5.69. The Hall–Kier alpha value is -2.08. The van der Waals surface area contributed by atoms with Gasteiger partial charge in [0.2, 0.25) is 0 Å². The second-order valence-corrected chi connectivity index (χ2v) is 4.25. The van der Waals surface area contributed by atoms with Crippen LogP contribution in [0.3, 0.4) is 0 Å². The summed E-state index contributed by atoms with van der Waals surface area (Å²) in [6.45, 7) is 0. The zero-order valence-corrected chi connectivity index (χ0v) is 10.4. The Balaban J connectivity index is 2.38. The van der Waals surface area contributed by atoms with Gasteiger partial charge < -0.3 is 11.1 Å². The molecule has 19 heavy (non-hydrogen) atoms. The summed E-state index contributed by atoms with van der Waals surface area (Å²) in [5.41, 5.74) is 5.25. The zero-order chi connectivity index (χ0) is 14.0. The Labute approximate surface area is 113 Å². The molecular weight excluding hydrogens is 273 g/mol. The molecule has 98 valence electrons. The number of hydrogen-bond acceptors (Lipinski definition) is 2. The topological polar surface area (TPSA) is 38.0 Å². The standard InChI is InChI=1S/C13H9F3N2S/c14-8-2-1-3-9(6-8)18-12-10(15)4-7(13(17)19)5-11(12)16/h1-6,18H,(H2,17,19). The van der Waals surface area contributed by atoms with Crippen LogP contribution in [0.15, 0.2) is 36.4 Å². The van der Waals surface area contributed by atoms with Gasteiger partial charge in [-0.2, -0.15) is 0 Å². The minimum Gasteiger partial charge on any atom is -0.389 e. The first-order chi connectivity index (χ1) is 8.97. The molecule has 0 atom stereocenters. The molecule has 0 aliphatic carbocycles. The number of benzene rings is 2. The lowest BCUT2D eigenvalue weighted by Crippen LogP contribution is -2.11. The largest absolute Gasteiger partial charge is 0.389 e. The molecule has 0 aromatic heterocycles. The third-order valence-corrected chi connectivity index (χ3v) is 2.66. The molecule has 6 heteroatoms.